The largest absolute Gasteiger partial charge is 3.00 e. The van der Waals surface area contributed by atoms with Crippen LogP contribution in [0.2, 0.25) is 0 Å². The zero-order chi connectivity index (χ0) is 26.9. The van der Waals surface area contributed by atoms with Crippen molar-refractivity contribution in [3.8, 4) is 0 Å². The predicted octanol–water partition coefficient (Wildman–Crippen LogP) is 3.67. The van der Waals surface area contributed by atoms with E-state index in [1.54, 1.807) is 36.4 Å². The number of benzene rings is 3. The number of hydrogen-bond acceptors (Lipinski definition) is 0. The molecule has 0 heterocycles. The van der Waals surface area contributed by atoms with Crippen LogP contribution in [-0.2, 0) is 0 Å². The SMILES string of the molecule is CC(=[OH+])[CH-]C(=[OH+])c1ccccc1.CC(=[OH+])[CH-]C(=[OH+])c1ccccc1.CC(=[OH+])[CH-]C(=[OH+])c1ccccc1.[Tl+3]. The van der Waals surface area contributed by atoms with Crippen molar-refractivity contribution in [2.75, 3.05) is 0 Å². The van der Waals surface area contributed by atoms with E-state index >= 15 is 0 Å². The Labute approximate surface area is 237 Å². The first-order valence-electron chi connectivity index (χ1n) is 11.1. The van der Waals surface area contributed by atoms with Crippen LogP contribution in [0.25, 0.3) is 0 Å². The van der Waals surface area contributed by atoms with E-state index in [0.717, 1.165) is 0 Å². The molecule has 7 heteroatoms. The number of rotatable bonds is 9. The fourth-order valence-corrected chi connectivity index (χ4v) is 2.67. The average Bonchev–Trinajstić information content (AvgIpc) is 2.85. The first-order chi connectivity index (χ1) is 17.1. The van der Waals surface area contributed by atoms with E-state index in [4.69, 9.17) is 14.4 Å². The molecule has 3 aromatic rings. The molecule has 3 rings (SSSR count). The zero-order valence-corrected chi connectivity index (χ0v) is 25.6. The average molecular weight is 694 g/mol. The van der Waals surface area contributed by atoms with E-state index in [9.17, 15) is 14.4 Å². The van der Waals surface area contributed by atoms with Gasteiger partial charge in [0.1, 0.15) is 0 Å². The Kier molecular flexibility index (Phi) is 16.6. The summed E-state index contributed by atoms with van der Waals surface area (Å²) in [7, 11) is 0. The van der Waals surface area contributed by atoms with Crippen molar-refractivity contribution in [3.63, 3.8) is 0 Å². The molecule has 6 N–H and O–H groups in total. The van der Waals surface area contributed by atoms with Gasteiger partial charge < -0.3 is 14.4 Å². The molecule has 186 valence electrons. The molecule has 6 nitrogen and oxygen atoms in total. The maximum Gasteiger partial charge on any atom is 3.00 e. The fourth-order valence-electron chi connectivity index (χ4n) is 2.67. The summed E-state index contributed by atoms with van der Waals surface area (Å²) >= 11 is 0. The van der Waals surface area contributed by atoms with Crippen molar-refractivity contribution in [1.29, 1.82) is 0 Å². The summed E-state index contributed by atoms with van der Waals surface area (Å²) < 4.78 is 0. The van der Waals surface area contributed by atoms with Crippen molar-refractivity contribution in [2.24, 2.45) is 0 Å². The van der Waals surface area contributed by atoms with E-state index < -0.39 is 0 Å². The molecule has 0 unspecified atom stereocenters. The Morgan fingerprint density at radius 1 is 0.405 bits per heavy atom. The topological polar surface area (TPSA) is 128 Å². The normalized spacial score (nSPS) is 8.84. The molecule has 0 saturated heterocycles. The second-order valence-corrected chi connectivity index (χ2v) is 7.61. The van der Waals surface area contributed by atoms with Crippen LogP contribution in [-0.4, -0.2) is 90.8 Å². The maximum atomic E-state index is 9.37. The van der Waals surface area contributed by atoms with Crippen LogP contribution in [0.5, 0.6) is 0 Å². The Balaban J connectivity index is 0.000000518. The van der Waals surface area contributed by atoms with Crippen molar-refractivity contribution >= 4 is 62.0 Å². The summed E-state index contributed by atoms with van der Waals surface area (Å²) in [5.74, 6) is 0.519. The number of carbonyl (C=O) groups excluding carboxylic acids is 6. The van der Waals surface area contributed by atoms with Gasteiger partial charge in [-0.15, -0.1) is 36.4 Å². The monoisotopic (exact) mass is 694 g/mol. The Morgan fingerprint density at radius 2 is 0.595 bits per heavy atom. The van der Waals surface area contributed by atoms with Gasteiger partial charge >= 0.3 is 27.3 Å². The second-order valence-electron chi connectivity index (χ2n) is 7.61. The quantitative estimate of drug-likeness (QED) is 0.107. The first kappa shape index (κ1) is 33.2. The van der Waals surface area contributed by atoms with Crippen molar-refractivity contribution in [1.82, 2.24) is 0 Å². The molecule has 0 atom stereocenters. The molecule has 3 aromatic carbocycles. The molecule has 0 bridgehead atoms. The molecule has 0 amide bonds. The molecule has 0 fully saturated rings. The van der Waals surface area contributed by atoms with Gasteiger partial charge in [-0.05, 0) is 19.3 Å². The summed E-state index contributed by atoms with van der Waals surface area (Å²) in [4.78, 5) is 54.7. The predicted molar refractivity (Wildman–Crippen MR) is 154 cm³/mol. The molecule has 0 aromatic heterocycles. The van der Waals surface area contributed by atoms with Crippen LogP contribution in [0, 0.1) is 19.3 Å². The third-order valence-corrected chi connectivity index (χ3v) is 4.25. The van der Waals surface area contributed by atoms with Crippen LogP contribution < -0.4 is 0 Å². The molecule has 0 saturated carbocycles. The Morgan fingerprint density at radius 3 is 0.757 bits per heavy atom. The minimum atomic E-state index is 0. The summed E-state index contributed by atoms with van der Waals surface area (Å²) in [6.07, 6.45) is 3.94. The van der Waals surface area contributed by atoms with Gasteiger partial charge in [0.05, 0.1) is 0 Å². The van der Waals surface area contributed by atoms with E-state index in [-0.39, 0.29) is 62.0 Å². The standard InChI is InChI=1S/3C10H9O2.Tl/c3*1-8(11)7-10(12)9-5-3-2-4-6-9;/h3*2-7H,1H3;/q3*-1;+3/p+6. The fraction of sp³-hybridized carbons (Fsp3) is 0.100. The maximum absolute atomic E-state index is 9.37. The van der Waals surface area contributed by atoms with Crippen LogP contribution in [0.15, 0.2) is 91.0 Å². The molecule has 0 radical (unpaired) electrons. The third kappa shape index (κ3) is 15.0. The summed E-state index contributed by atoms with van der Waals surface area (Å²) in [6, 6.07) is 27.2. The number of ketones is 6. The molecule has 0 spiro atoms. The van der Waals surface area contributed by atoms with Crippen LogP contribution in [0.4, 0.5) is 0 Å². The van der Waals surface area contributed by atoms with Crippen molar-refractivity contribution in [3.05, 3.63) is 127 Å². The van der Waals surface area contributed by atoms with Gasteiger partial charge in [-0.1, -0.05) is 71.3 Å². The van der Waals surface area contributed by atoms with E-state index in [2.05, 4.69) is 0 Å². The molecular formula is C30H33O6Tl+6. The van der Waals surface area contributed by atoms with Gasteiger partial charge in [-0.3, -0.25) is 14.4 Å². The van der Waals surface area contributed by atoms with E-state index in [1.807, 2.05) is 54.6 Å². The van der Waals surface area contributed by atoms with Crippen LogP contribution in [0.3, 0.4) is 0 Å². The van der Waals surface area contributed by atoms with Gasteiger partial charge in [0.15, 0.2) is 0 Å². The third-order valence-electron chi connectivity index (χ3n) is 4.25. The summed E-state index contributed by atoms with van der Waals surface area (Å²) in [6.45, 7) is 4.54. The Bertz CT molecular complexity index is 1020. The van der Waals surface area contributed by atoms with Crippen LogP contribution >= 0.6 is 0 Å². The van der Waals surface area contributed by atoms with E-state index in [0.29, 0.717) is 16.7 Å². The minimum Gasteiger partial charge on any atom is -0.313 e. The zero-order valence-electron chi connectivity index (χ0n) is 21.2. The van der Waals surface area contributed by atoms with Gasteiger partial charge in [-0.25, -0.2) is 0 Å². The van der Waals surface area contributed by atoms with Crippen LogP contribution in [0.1, 0.15) is 37.5 Å². The molecule has 0 aliphatic carbocycles. The van der Waals surface area contributed by atoms with Gasteiger partial charge in [0, 0.05) is 20.8 Å². The second kappa shape index (κ2) is 18.5. The number of hydrogen-bond donors (Lipinski definition) is 0. The van der Waals surface area contributed by atoms with Gasteiger partial charge in [-0.2, -0.15) is 0 Å². The molecular weight excluding hydrogens is 661 g/mol. The smallest absolute Gasteiger partial charge is 0.313 e. The van der Waals surface area contributed by atoms with E-state index in [1.165, 1.54) is 40.0 Å². The van der Waals surface area contributed by atoms with Crippen molar-refractivity contribution in [2.45, 2.75) is 20.8 Å². The molecule has 37 heavy (non-hydrogen) atoms. The Hall–Kier alpha value is -3.79. The van der Waals surface area contributed by atoms with Gasteiger partial charge in [0.2, 0.25) is 34.7 Å². The summed E-state index contributed by atoms with van der Waals surface area (Å²) in [5.41, 5.74) is 2.10. The van der Waals surface area contributed by atoms with Crippen molar-refractivity contribution < 1.29 is 28.8 Å². The molecule has 0 aliphatic rings. The summed E-state index contributed by atoms with van der Waals surface area (Å²) in [5, 5.41) is 0. The van der Waals surface area contributed by atoms with Gasteiger partial charge in [0.25, 0.3) is 0 Å². The minimum absolute atomic E-state index is 0. The molecule has 0 aliphatic heterocycles. The first-order valence-corrected chi connectivity index (χ1v) is 11.1.